The van der Waals surface area contributed by atoms with E-state index in [9.17, 15) is 19.8 Å². The number of benzene rings is 3. The van der Waals surface area contributed by atoms with Crippen molar-refractivity contribution in [2.45, 2.75) is 13.0 Å². The van der Waals surface area contributed by atoms with Gasteiger partial charge < -0.3 is 10.2 Å². The normalized spacial score (nSPS) is 18.1. The van der Waals surface area contributed by atoms with E-state index in [0.29, 0.717) is 21.8 Å². The molecule has 4 rings (SSSR count). The Morgan fingerprint density at radius 3 is 2.27 bits per heavy atom. The van der Waals surface area contributed by atoms with Crippen LogP contribution in [0.15, 0.2) is 78.4 Å². The molecule has 1 amide bonds. The summed E-state index contributed by atoms with van der Waals surface area (Å²) in [5.74, 6) is -1.72. The van der Waals surface area contributed by atoms with Crippen LogP contribution < -0.4 is 4.90 Å². The van der Waals surface area contributed by atoms with Crippen molar-refractivity contribution in [2.75, 3.05) is 4.90 Å². The SMILES string of the molecule is Cc1cccc(N2C(=O)C(=O)/C(=C(/O)c3ccc(Cl)cc3)C2c2ccc(O)cc2)c1. The lowest BCUT2D eigenvalue weighted by molar-refractivity contribution is -0.132. The van der Waals surface area contributed by atoms with E-state index in [1.165, 1.54) is 17.0 Å². The average molecular weight is 420 g/mol. The number of rotatable bonds is 3. The number of amides is 1. The fourth-order valence-corrected chi connectivity index (χ4v) is 3.74. The number of aliphatic hydroxyl groups excluding tert-OH is 1. The highest BCUT2D eigenvalue weighted by Crippen LogP contribution is 2.42. The van der Waals surface area contributed by atoms with Crippen molar-refractivity contribution >= 4 is 34.7 Å². The number of halogens is 1. The fraction of sp³-hybridized carbons (Fsp3) is 0.0833. The van der Waals surface area contributed by atoms with Crippen LogP contribution in [0.4, 0.5) is 5.69 Å². The Kier molecular flexibility index (Phi) is 5.06. The van der Waals surface area contributed by atoms with Crippen molar-refractivity contribution in [1.82, 2.24) is 0 Å². The second-order valence-electron chi connectivity index (χ2n) is 7.11. The number of ketones is 1. The number of aliphatic hydroxyl groups is 1. The van der Waals surface area contributed by atoms with Gasteiger partial charge in [-0.3, -0.25) is 14.5 Å². The number of nitrogens with zero attached hydrogens (tertiary/aromatic N) is 1. The summed E-state index contributed by atoms with van der Waals surface area (Å²) in [6, 6.07) is 19.0. The zero-order valence-electron chi connectivity index (χ0n) is 16.0. The van der Waals surface area contributed by atoms with E-state index in [1.54, 1.807) is 54.6 Å². The lowest BCUT2D eigenvalue weighted by Gasteiger charge is -2.25. The molecule has 2 N–H and O–H groups in total. The number of carbonyl (C=O) groups excluding carboxylic acids is 2. The van der Waals surface area contributed by atoms with Crippen molar-refractivity contribution in [3.8, 4) is 5.75 Å². The molecule has 6 heteroatoms. The first-order chi connectivity index (χ1) is 14.4. The third kappa shape index (κ3) is 3.44. The molecule has 1 aliphatic heterocycles. The Labute approximate surface area is 178 Å². The Morgan fingerprint density at radius 2 is 1.63 bits per heavy atom. The van der Waals surface area contributed by atoms with Gasteiger partial charge in [-0.15, -0.1) is 0 Å². The van der Waals surface area contributed by atoms with Gasteiger partial charge in [-0.1, -0.05) is 35.9 Å². The molecule has 0 aromatic heterocycles. The van der Waals surface area contributed by atoms with E-state index in [2.05, 4.69) is 0 Å². The molecule has 1 fully saturated rings. The summed E-state index contributed by atoms with van der Waals surface area (Å²) in [4.78, 5) is 27.4. The number of carbonyl (C=O) groups is 2. The van der Waals surface area contributed by atoms with E-state index < -0.39 is 17.7 Å². The van der Waals surface area contributed by atoms with Gasteiger partial charge in [-0.05, 0) is 66.6 Å². The van der Waals surface area contributed by atoms with E-state index in [0.717, 1.165) is 5.56 Å². The molecule has 150 valence electrons. The highest BCUT2D eigenvalue weighted by Gasteiger charge is 2.46. The fourth-order valence-electron chi connectivity index (χ4n) is 3.61. The maximum Gasteiger partial charge on any atom is 0.300 e. The van der Waals surface area contributed by atoms with Gasteiger partial charge in [0.25, 0.3) is 11.7 Å². The largest absolute Gasteiger partial charge is 0.508 e. The number of phenols is 1. The number of aryl methyl sites for hydroxylation is 1. The van der Waals surface area contributed by atoms with Gasteiger partial charge in [0, 0.05) is 16.3 Å². The lowest BCUT2D eigenvalue weighted by atomic mass is 9.95. The number of Topliss-reactive ketones (excluding diaryl/α,β-unsaturated/α-hetero) is 1. The molecular formula is C24H18ClNO4. The molecule has 0 radical (unpaired) electrons. The quantitative estimate of drug-likeness (QED) is 0.356. The van der Waals surface area contributed by atoms with E-state index >= 15 is 0 Å². The van der Waals surface area contributed by atoms with Crippen LogP contribution in [-0.4, -0.2) is 21.9 Å². The maximum atomic E-state index is 13.0. The van der Waals surface area contributed by atoms with Crippen molar-refractivity contribution in [3.05, 3.63) is 100 Å². The lowest BCUT2D eigenvalue weighted by Crippen LogP contribution is -2.29. The summed E-state index contributed by atoms with van der Waals surface area (Å²) in [6.07, 6.45) is 0. The molecule has 5 nitrogen and oxygen atoms in total. The topological polar surface area (TPSA) is 77.8 Å². The molecule has 30 heavy (non-hydrogen) atoms. The molecule has 1 saturated heterocycles. The van der Waals surface area contributed by atoms with Crippen molar-refractivity contribution < 1.29 is 19.8 Å². The molecule has 0 bridgehead atoms. The first-order valence-electron chi connectivity index (χ1n) is 9.29. The molecule has 3 aromatic carbocycles. The number of hydrogen-bond acceptors (Lipinski definition) is 4. The van der Waals surface area contributed by atoms with Gasteiger partial charge in [0.2, 0.25) is 0 Å². The van der Waals surface area contributed by atoms with Crippen LogP contribution in [0, 0.1) is 6.92 Å². The van der Waals surface area contributed by atoms with Crippen LogP contribution in [0.2, 0.25) is 5.02 Å². The minimum Gasteiger partial charge on any atom is -0.508 e. The standard InChI is InChI=1S/C24H18ClNO4/c1-14-3-2-4-18(13-14)26-21(15-7-11-19(27)12-8-15)20(23(29)24(26)30)22(28)16-5-9-17(25)10-6-16/h2-13,21,27-28H,1H3/b22-20+. The van der Waals surface area contributed by atoms with Gasteiger partial charge in [0.1, 0.15) is 11.5 Å². The predicted octanol–water partition coefficient (Wildman–Crippen LogP) is 4.98. The molecule has 0 spiro atoms. The molecule has 3 aromatic rings. The molecule has 0 aliphatic carbocycles. The zero-order chi connectivity index (χ0) is 21.4. The third-order valence-electron chi connectivity index (χ3n) is 5.05. The Bertz CT molecular complexity index is 1170. The number of aromatic hydroxyl groups is 1. The Morgan fingerprint density at radius 1 is 0.967 bits per heavy atom. The predicted molar refractivity (Wildman–Crippen MR) is 116 cm³/mol. The van der Waals surface area contributed by atoms with Crippen molar-refractivity contribution in [2.24, 2.45) is 0 Å². The molecule has 1 atom stereocenters. The monoisotopic (exact) mass is 419 g/mol. The van der Waals surface area contributed by atoms with Crippen LogP contribution in [0.1, 0.15) is 22.7 Å². The summed E-state index contributed by atoms with van der Waals surface area (Å²) in [5.41, 5.74) is 2.42. The van der Waals surface area contributed by atoms with Gasteiger partial charge in [-0.25, -0.2) is 0 Å². The Hall–Kier alpha value is -3.57. The highest BCUT2D eigenvalue weighted by molar-refractivity contribution is 6.51. The van der Waals surface area contributed by atoms with Crippen molar-refractivity contribution in [3.63, 3.8) is 0 Å². The second kappa shape index (κ2) is 7.69. The third-order valence-corrected chi connectivity index (χ3v) is 5.30. The summed E-state index contributed by atoms with van der Waals surface area (Å²) in [6.45, 7) is 1.89. The minimum absolute atomic E-state index is 0.0190. The van der Waals surface area contributed by atoms with E-state index in [-0.39, 0.29) is 17.1 Å². The molecular weight excluding hydrogens is 402 g/mol. The van der Waals surface area contributed by atoms with Crippen LogP contribution in [-0.2, 0) is 9.59 Å². The summed E-state index contributed by atoms with van der Waals surface area (Å²) in [5, 5.41) is 21.2. The van der Waals surface area contributed by atoms with E-state index in [1.807, 2.05) is 13.0 Å². The number of phenolic OH excluding ortho intramolecular Hbond substituents is 1. The van der Waals surface area contributed by atoms with Gasteiger partial charge >= 0.3 is 0 Å². The smallest absolute Gasteiger partial charge is 0.300 e. The molecule has 1 aliphatic rings. The number of hydrogen-bond donors (Lipinski definition) is 2. The summed E-state index contributed by atoms with van der Waals surface area (Å²) >= 11 is 5.93. The number of anilines is 1. The summed E-state index contributed by atoms with van der Waals surface area (Å²) in [7, 11) is 0. The van der Waals surface area contributed by atoms with Crippen LogP contribution in [0.3, 0.4) is 0 Å². The van der Waals surface area contributed by atoms with E-state index in [4.69, 9.17) is 11.6 Å². The summed E-state index contributed by atoms with van der Waals surface area (Å²) < 4.78 is 0. The van der Waals surface area contributed by atoms with Gasteiger partial charge in [0.05, 0.1) is 11.6 Å². The highest BCUT2D eigenvalue weighted by atomic mass is 35.5. The van der Waals surface area contributed by atoms with Crippen LogP contribution in [0.25, 0.3) is 5.76 Å². The first-order valence-corrected chi connectivity index (χ1v) is 9.67. The maximum absolute atomic E-state index is 13.0. The first kappa shape index (κ1) is 19.7. The Balaban J connectivity index is 1.95. The molecule has 1 unspecified atom stereocenters. The van der Waals surface area contributed by atoms with Gasteiger partial charge in [0.15, 0.2) is 0 Å². The molecule has 0 saturated carbocycles. The average Bonchev–Trinajstić information content (AvgIpc) is 2.99. The van der Waals surface area contributed by atoms with Crippen molar-refractivity contribution in [1.29, 1.82) is 0 Å². The van der Waals surface area contributed by atoms with Gasteiger partial charge in [-0.2, -0.15) is 0 Å². The zero-order valence-corrected chi connectivity index (χ0v) is 16.8. The van der Waals surface area contributed by atoms with Crippen LogP contribution in [0.5, 0.6) is 5.75 Å². The van der Waals surface area contributed by atoms with Crippen LogP contribution >= 0.6 is 11.6 Å². The molecule has 1 heterocycles. The minimum atomic E-state index is -0.844. The second-order valence-corrected chi connectivity index (χ2v) is 7.54.